The van der Waals surface area contributed by atoms with Crippen molar-refractivity contribution in [2.45, 2.75) is 12.8 Å². The van der Waals surface area contributed by atoms with E-state index < -0.39 is 21.1 Å². The quantitative estimate of drug-likeness (QED) is 0.461. The Kier molecular flexibility index (Phi) is 4.33. The molecule has 4 nitrogen and oxygen atoms in total. The molecule has 1 aliphatic rings. The van der Waals surface area contributed by atoms with Gasteiger partial charge in [0.05, 0.1) is 0 Å². The molecule has 1 aliphatic heterocycles. The van der Waals surface area contributed by atoms with Gasteiger partial charge in [0.15, 0.2) is 0 Å². The summed E-state index contributed by atoms with van der Waals surface area (Å²) < 4.78 is 27.2. The molecule has 124 valence electrons. The number of fused-ring (bicyclic) bond motifs is 2. The van der Waals surface area contributed by atoms with Crippen LogP contribution in [-0.4, -0.2) is 39.2 Å². The first-order valence-corrected chi connectivity index (χ1v) is 10.9. The second-order valence-corrected chi connectivity index (χ2v) is 8.94. The Hall–Kier alpha value is -2.15. The maximum atomic E-state index is 13.4. The van der Waals surface area contributed by atoms with E-state index in [-0.39, 0.29) is 18.2 Å². The van der Waals surface area contributed by atoms with Gasteiger partial charge < -0.3 is 0 Å². The van der Waals surface area contributed by atoms with Crippen molar-refractivity contribution in [2.24, 2.45) is 0 Å². The van der Waals surface area contributed by atoms with Crippen molar-refractivity contribution in [3.8, 4) is 0 Å². The predicted molar refractivity (Wildman–Crippen MR) is 93.2 cm³/mol. The fraction of sp³-hybridized carbons (Fsp3) is 0.158. The van der Waals surface area contributed by atoms with Gasteiger partial charge in [0.25, 0.3) is 0 Å². The fourth-order valence-electron chi connectivity index (χ4n) is 2.90. The summed E-state index contributed by atoms with van der Waals surface area (Å²) in [5.41, 5.74) is 4.78. The van der Waals surface area contributed by atoms with Crippen molar-refractivity contribution >= 4 is 47.4 Å². The zero-order valence-corrected chi connectivity index (χ0v) is 16.4. The number of aryl methyl sites for hydroxylation is 1. The van der Waals surface area contributed by atoms with Gasteiger partial charge in [0.2, 0.25) is 0 Å². The maximum absolute atomic E-state index is 13.4. The van der Waals surface area contributed by atoms with Crippen molar-refractivity contribution < 1.29 is 18.3 Å². The number of benzene rings is 2. The molecule has 0 unspecified atom stereocenters. The molecule has 0 N–H and O–H groups in total. The van der Waals surface area contributed by atoms with E-state index >= 15 is 0 Å². The third-order valence-corrected chi connectivity index (χ3v) is 7.46. The van der Waals surface area contributed by atoms with E-state index in [1.807, 2.05) is 24.3 Å². The van der Waals surface area contributed by atoms with Gasteiger partial charge in [-0.25, -0.2) is 0 Å². The van der Waals surface area contributed by atoms with E-state index in [9.17, 15) is 9.18 Å². The number of oxazole rings is 1. The average molecular weight is 442 g/mol. The van der Waals surface area contributed by atoms with Crippen LogP contribution in [0.2, 0.25) is 0 Å². The Labute approximate surface area is 153 Å². The Morgan fingerprint density at radius 3 is 3.00 bits per heavy atom. The SMILES string of the molecule is COC(=O)CCc1nc2ccc(C3=[CH][Sn][c]4cc(F)ccc43)cc2o1. The molecule has 1 aromatic heterocycles. The second kappa shape index (κ2) is 6.63. The third kappa shape index (κ3) is 3.20. The van der Waals surface area contributed by atoms with Crippen LogP contribution >= 0.6 is 0 Å². The number of aromatic nitrogens is 1. The zero-order chi connectivity index (χ0) is 17.4. The zero-order valence-electron chi connectivity index (χ0n) is 13.5. The van der Waals surface area contributed by atoms with Crippen molar-refractivity contribution in [1.82, 2.24) is 4.98 Å². The topological polar surface area (TPSA) is 52.3 Å². The van der Waals surface area contributed by atoms with E-state index in [0.717, 1.165) is 25.8 Å². The number of carbonyl (C=O) groups is 1. The number of hydrogen-bond acceptors (Lipinski definition) is 4. The summed E-state index contributed by atoms with van der Waals surface area (Å²) in [5.74, 6) is 0.0705. The van der Waals surface area contributed by atoms with Crippen molar-refractivity contribution in [3.63, 3.8) is 0 Å². The molecule has 6 heteroatoms. The van der Waals surface area contributed by atoms with E-state index in [0.29, 0.717) is 17.9 Å². The number of halogens is 1. The summed E-state index contributed by atoms with van der Waals surface area (Å²) >= 11 is -0.881. The van der Waals surface area contributed by atoms with Crippen LogP contribution < -0.4 is 3.58 Å². The van der Waals surface area contributed by atoms with Crippen LogP contribution in [0.15, 0.2) is 44.9 Å². The minimum absolute atomic E-state index is 0.171. The second-order valence-electron chi connectivity index (χ2n) is 5.76. The van der Waals surface area contributed by atoms with Gasteiger partial charge in [0, 0.05) is 0 Å². The standard InChI is InChI=1S/C19H14FNO3.Sn/c1-12(13-3-6-15(20)7-4-13)14-5-8-16-17(11-14)24-18(21-16)9-10-19(22)23-2;/h1,3,5-8,11H,9-10H2,2H3;. The van der Waals surface area contributed by atoms with E-state index in [4.69, 9.17) is 4.42 Å². The summed E-state index contributed by atoms with van der Waals surface area (Å²) in [4.78, 5) is 15.7. The normalized spacial score (nSPS) is 13.0. The van der Waals surface area contributed by atoms with Crippen molar-refractivity contribution in [2.75, 3.05) is 7.11 Å². The number of methoxy groups -OCH3 is 1. The molecule has 2 radical (unpaired) electrons. The molecule has 0 saturated carbocycles. The Balaban J connectivity index is 1.63. The number of nitrogens with zero attached hydrogens (tertiary/aromatic N) is 1. The van der Waals surface area contributed by atoms with Crippen LogP contribution in [0.3, 0.4) is 0 Å². The molecule has 0 saturated heterocycles. The van der Waals surface area contributed by atoms with Crippen LogP contribution in [0.5, 0.6) is 0 Å². The van der Waals surface area contributed by atoms with Gasteiger partial charge in [-0.1, -0.05) is 0 Å². The summed E-state index contributed by atoms with van der Waals surface area (Å²) in [6, 6.07) is 10.9. The summed E-state index contributed by atoms with van der Waals surface area (Å²) in [6.07, 6.45) is 0.656. The number of esters is 1. The molecular formula is C19H14FNO3Sn. The number of carbonyl (C=O) groups excluding carboxylic acids is 1. The Morgan fingerprint density at radius 1 is 1.28 bits per heavy atom. The molecule has 2 heterocycles. The van der Waals surface area contributed by atoms with Gasteiger partial charge in [-0.15, -0.1) is 0 Å². The first-order valence-electron chi connectivity index (χ1n) is 7.87. The number of hydrogen-bond donors (Lipinski definition) is 0. The van der Waals surface area contributed by atoms with Gasteiger partial charge in [-0.3, -0.25) is 0 Å². The molecule has 0 bridgehead atoms. The molecule has 0 amide bonds. The average Bonchev–Trinajstić information content (AvgIpc) is 3.21. The van der Waals surface area contributed by atoms with E-state index in [1.165, 1.54) is 13.2 Å². The van der Waals surface area contributed by atoms with Gasteiger partial charge in [-0.2, -0.15) is 0 Å². The molecule has 4 rings (SSSR count). The fourth-order valence-corrected chi connectivity index (χ4v) is 6.37. The number of ether oxygens (including phenoxy) is 1. The van der Waals surface area contributed by atoms with Gasteiger partial charge in [0.1, 0.15) is 0 Å². The van der Waals surface area contributed by atoms with Crippen molar-refractivity contribution in [3.05, 3.63) is 63.3 Å². The molecule has 2 aromatic carbocycles. The van der Waals surface area contributed by atoms with Crippen molar-refractivity contribution in [1.29, 1.82) is 0 Å². The van der Waals surface area contributed by atoms with E-state index in [1.54, 1.807) is 6.07 Å². The third-order valence-electron chi connectivity index (χ3n) is 4.16. The molecule has 0 aliphatic carbocycles. The molecule has 0 spiro atoms. The first kappa shape index (κ1) is 16.3. The molecule has 0 atom stereocenters. The molecule has 0 fully saturated rings. The monoisotopic (exact) mass is 443 g/mol. The predicted octanol–water partition coefficient (Wildman–Crippen LogP) is 2.80. The van der Waals surface area contributed by atoms with Gasteiger partial charge in [-0.05, 0) is 0 Å². The molecular weight excluding hydrogens is 428 g/mol. The van der Waals surface area contributed by atoms with Crippen LogP contribution in [0.1, 0.15) is 23.4 Å². The van der Waals surface area contributed by atoms with E-state index in [2.05, 4.69) is 13.8 Å². The van der Waals surface area contributed by atoms with Crippen LogP contribution in [0.25, 0.3) is 16.7 Å². The van der Waals surface area contributed by atoms with Crippen LogP contribution in [0.4, 0.5) is 4.39 Å². The summed E-state index contributed by atoms with van der Waals surface area (Å²) in [5, 5.41) is 0. The Bertz CT molecular complexity index is 1010. The summed E-state index contributed by atoms with van der Waals surface area (Å²) in [6.45, 7) is 0. The Morgan fingerprint density at radius 2 is 2.16 bits per heavy atom. The van der Waals surface area contributed by atoms with Crippen LogP contribution in [0, 0.1) is 5.82 Å². The molecule has 3 aromatic rings. The summed E-state index contributed by atoms with van der Waals surface area (Å²) in [7, 11) is 1.36. The van der Waals surface area contributed by atoms with Gasteiger partial charge >= 0.3 is 154 Å². The minimum atomic E-state index is -0.881. The number of rotatable bonds is 4. The first-order chi connectivity index (χ1) is 12.1. The van der Waals surface area contributed by atoms with Crippen LogP contribution in [-0.2, 0) is 16.0 Å². The molecule has 25 heavy (non-hydrogen) atoms.